The SMILES string of the molecule is N#CCN1CCN(Cc2cccc(C(F)(F)F)c2)CC1. The summed E-state index contributed by atoms with van der Waals surface area (Å²) in [7, 11) is 0. The van der Waals surface area contributed by atoms with Crippen molar-refractivity contribution in [2.75, 3.05) is 32.7 Å². The van der Waals surface area contributed by atoms with Gasteiger partial charge in [0.2, 0.25) is 0 Å². The van der Waals surface area contributed by atoms with Gasteiger partial charge in [0.05, 0.1) is 18.2 Å². The maximum atomic E-state index is 12.6. The van der Waals surface area contributed by atoms with Gasteiger partial charge in [-0.15, -0.1) is 0 Å². The summed E-state index contributed by atoms with van der Waals surface area (Å²) in [6, 6.07) is 7.58. The summed E-state index contributed by atoms with van der Waals surface area (Å²) >= 11 is 0. The molecule has 1 aliphatic heterocycles. The van der Waals surface area contributed by atoms with E-state index in [2.05, 4.69) is 11.0 Å². The van der Waals surface area contributed by atoms with Crippen molar-refractivity contribution in [3.8, 4) is 6.07 Å². The number of benzene rings is 1. The fourth-order valence-electron chi connectivity index (χ4n) is 2.31. The van der Waals surface area contributed by atoms with Crippen molar-refractivity contribution in [1.29, 1.82) is 5.26 Å². The first-order chi connectivity index (χ1) is 9.49. The average molecular weight is 283 g/mol. The van der Waals surface area contributed by atoms with Crippen molar-refractivity contribution in [3.05, 3.63) is 35.4 Å². The van der Waals surface area contributed by atoms with E-state index in [1.54, 1.807) is 6.07 Å². The monoisotopic (exact) mass is 283 g/mol. The standard InChI is InChI=1S/C14H16F3N3/c15-14(16,17)13-3-1-2-12(10-13)11-20-8-6-19(5-4-18)7-9-20/h1-3,10H,5-9,11H2. The van der Waals surface area contributed by atoms with Crippen LogP contribution in [0.15, 0.2) is 24.3 Å². The third kappa shape index (κ3) is 3.95. The highest BCUT2D eigenvalue weighted by molar-refractivity contribution is 5.25. The molecule has 1 fully saturated rings. The van der Waals surface area contributed by atoms with Gasteiger partial charge in [-0.2, -0.15) is 18.4 Å². The molecule has 1 aromatic rings. The van der Waals surface area contributed by atoms with E-state index >= 15 is 0 Å². The summed E-state index contributed by atoms with van der Waals surface area (Å²) in [5.41, 5.74) is 0.0756. The topological polar surface area (TPSA) is 30.3 Å². The van der Waals surface area contributed by atoms with Gasteiger partial charge in [-0.25, -0.2) is 0 Å². The molecule has 108 valence electrons. The fourth-order valence-corrected chi connectivity index (χ4v) is 2.31. The quantitative estimate of drug-likeness (QED) is 0.798. The fraction of sp³-hybridized carbons (Fsp3) is 0.500. The number of halogens is 3. The molecular formula is C14H16F3N3. The maximum absolute atomic E-state index is 12.6. The molecule has 1 heterocycles. The van der Waals surface area contributed by atoms with Crippen LogP contribution < -0.4 is 0 Å². The molecule has 0 aliphatic carbocycles. The van der Waals surface area contributed by atoms with Gasteiger partial charge in [0, 0.05) is 32.7 Å². The lowest BCUT2D eigenvalue weighted by Gasteiger charge is -2.33. The Hall–Kier alpha value is -1.58. The molecule has 6 heteroatoms. The van der Waals surface area contributed by atoms with Crippen LogP contribution in [0, 0.1) is 11.3 Å². The Kier molecular flexibility index (Phi) is 4.63. The van der Waals surface area contributed by atoms with E-state index < -0.39 is 11.7 Å². The molecule has 1 saturated heterocycles. The second kappa shape index (κ2) is 6.25. The zero-order chi connectivity index (χ0) is 14.6. The molecule has 2 rings (SSSR count). The Morgan fingerprint density at radius 1 is 1.10 bits per heavy atom. The Morgan fingerprint density at radius 2 is 1.75 bits per heavy atom. The van der Waals surface area contributed by atoms with E-state index in [0.717, 1.165) is 32.2 Å². The molecule has 1 aromatic carbocycles. The minimum atomic E-state index is -4.29. The third-order valence-electron chi connectivity index (χ3n) is 3.42. The molecule has 0 atom stereocenters. The lowest BCUT2D eigenvalue weighted by atomic mass is 10.1. The van der Waals surface area contributed by atoms with Crippen LogP contribution in [0.2, 0.25) is 0 Å². The maximum Gasteiger partial charge on any atom is 0.416 e. The normalized spacial score (nSPS) is 17.9. The summed E-state index contributed by atoms with van der Waals surface area (Å²) in [6.07, 6.45) is -4.29. The van der Waals surface area contributed by atoms with E-state index in [1.165, 1.54) is 12.1 Å². The average Bonchev–Trinajstić information content (AvgIpc) is 2.41. The van der Waals surface area contributed by atoms with E-state index in [1.807, 2.05) is 4.90 Å². The molecule has 0 N–H and O–H groups in total. The highest BCUT2D eigenvalue weighted by Crippen LogP contribution is 2.29. The number of nitriles is 1. The van der Waals surface area contributed by atoms with Crippen LogP contribution in [0.4, 0.5) is 13.2 Å². The van der Waals surface area contributed by atoms with Crippen LogP contribution >= 0.6 is 0 Å². The zero-order valence-electron chi connectivity index (χ0n) is 11.0. The number of piperazine rings is 1. The van der Waals surface area contributed by atoms with E-state index in [9.17, 15) is 13.2 Å². The zero-order valence-corrected chi connectivity index (χ0v) is 11.0. The molecule has 1 aliphatic rings. The second-order valence-corrected chi connectivity index (χ2v) is 4.91. The summed E-state index contributed by atoms with van der Waals surface area (Å²) < 4.78 is 37.9. The predicted octanol–water partition coefficient (Wildman–Crippen LogP) is 2.35. The van der Waals surface area contributed by atoms with Gasteiger partial charge in [-0.1, -0.05) is 18.2 Å². The Balaban J connectivity index is 1.93. The van der Waals surface area contributed by atoms with Gasteiger partial charge in [0.25, 0.3) is 0 Å². The van der Waals surface area contributed by atoms with Crippen molar-refractivity contribution in [2.45, 2.75) is 12.7 Å². The molecule has 3 nitrogen and oxygen atoms in total. The van der Waals surface area contributed by atoms with Crippen LogP contribution in [0.1, 0.15) is 11.1 Å². The van der Waals surface area contributed by atoms with Crippen molar-refractivity contribution in [1.82, 2.24) is 9.80 Å². The van der Waals surface area contributed by atoms with Crippen LogP contribution in [0.3, 0.4) is 0 Å². The van der Waals surface area contributed by atoms with Gasteiger partial charge in [-0.3, -0.25) is 9.80 Å². The molecule has 0 amide bonds. The number of rotatable bonds is 3. The number of hydrogen-bond donors (Lipinski definition) is 0. The van der Waals surface area contributed by atoms with Crippen molar-refractivity contribution < 1.29 is 13.2 Å². The lowest BCUT2D eigenvalue weighted by molar-refractivity contribution is -0.137. The highest BCUT2D eigenvalue weighted by Gasteiger charge is 2.30. The van der Waals surface area contributed by atoms with Crippen LogP contribution in [0.25, 0.3) is 0 Å². The smallest absolute Gasteiger partial charge is 0.297 e. The Labute approximate surface area is 116 Å². The summed E-state index contributed by atoms with van der Waals surface area (Å²) in [6.45, 7) is 4.05. The van der Waals surface area contributed by atoms with Gasteiger partial charge >= 0.3 is 6.18 Å². The van der Waals surface area contributed by atoms with Crippen LogP contribution in [-0.2, 0) is 12.7 Å². The third-order valence-corrected chi connectivity index (χ3v) is 3.42. The number of hydrogen-bond acceptors (Lipinski definition) is 3. The molecule has 20 heavy (non-hydrogen) atoms. The summed E-state index contributed by atoms with van der Waals surface area (Å²) in [4.78, 5) is 4.16. The lowest BCUT2D eigenvalue weighted by Crippen LogP contribution is -2.45. The second-order valence-electron chi connectivity index (χ2n) is 4.91. The minimum Gasteiger partial charge on any atom is -0.297 e. The van der Waals surface area contributed by atoms with Crippen LogP contribution in [-0.4, -0.2) is 42.5 Å². The molecule has 0 unspecified atom stereocenters. The predicted molar refractivity (Wildman–Crippen MR) is 68.8 cm³/mol. The highest BCUT2D eigenvalue weighted by atomic mass is 19.4. The summed E-state index contributed by atoms with van der Waals surface area (Å²) in [5.74, 6) is 0. The molecule has 0 saturated carbocycles. The number of alkyl halides is 3. The van der Waals surface area contributed by atoms with Crippen LogP contribution in [0.5, 0.6) is 0 Å². The van der Waals surface area contributed by atoms with Gasteiger partial charge < -0.3 is 0 Å². The van der Waals surface area contributed by atoms with Gasteiger partial charge in [0.15, 0.2) is 0 Å². The summed E-state index contributed by atoms with van der Waals surface area (Å²) in [5, 5.41) is 8.61. The molecule has 0 bridgehead atoms. The van der Waals surface area contributed by atoms with Crippen molar-refractivity contribution >= 4 is 0 Å². The van der Waals surface area contributed by atoms with Gasteiger partial charge in [-0.05, 0) is 11.6 Å². The van der Waals surface area contributed by atoms with Crippen molar-refractivity contribution in [3.63, 3.8) is 0 Å². The van der Waals surface area contributed by atoms with E-state index in [4.69, 9.17) is 5.26 Å². The first-order valence-electron chi connectivity index (χ1n) is 6.47. The van der Waals surface area contributed by atoms with E-state index in [-0.39, 0.29) is 0 Å². The van der Waals surface area contributed by atoms with Gasteiger partial charge in [0.1, 0.15) is 0 Å². The number of nitrogens with zero attached hydrogens (tertiary/aromatic N) is 3. The van der Waals surface area contributed by atoms with E-state index in [0.29, 0.717) is 18.7 Å². The minimum absolute atomic E-state index is 0.414. The van der Waals surface area contributed by atoms with Crippen molar-refractivity contribution in [2.24, 2.45) is 0 Å². The molecule has 0 radical (unpaired) electrons. The molecule has 0 aromatic heterocycles. The Morgan fingerprint density at radius 3 is 2.35 bits per heavy atom. The molecular weight excluding hydrogens is 267 g/mol. The first kappa shape index (κ1) is 14.8. The Bertz CT molecular complexity index is 485. The molecule has 0 spiro atoms. The first-order valence-corrected chi connectivity index (χ1v) is 6.47. The largest absolute Gasteiger partial charge is 0.416 e.